The summed E-state index contributed by atoms with van der Waals surface area (Å²) in [4.78, 5) is 2.37. The monoisotopic (exact) mass is 296 g/mol. The van der Waals surface area contributed by atoms with E-state index in [0.717, 1.165) is 31.9 Å². The highest BCUT2D eigenvalue weighted by Gasteiger charge is 2.21. The van der Waals surface area contributed by atoms with Crippen LogP contribution in [0.5, 0.6) is 0 Å². The van der Waals surface area contributed by atoms with Gasteiger partial charge in [-0.2, -0.15) is 5.10 Å². The SMILES string of the molecule is COCCN(c1c(CNCC(C)C)c(C)nn1C)C(C)C. The smallest absolute Gasteiger partial charge is 0.131 e. The van der Waals surface area contributed by atoms with Crippen LogP contribution in [0.1, 0.15) is 39.0 Å². The van der Waals surface area contributed by atoms with Gasteiger partial charge in [-0.15, -0.1) is 0 Å². The fourth-order valence-corrected chi connectivity index (χ4v) is 2.54. The summed E-state index contributed by atoms with van der Waals surface area (Å²) in [7, 11) is 3.77. The number of methoxy groups -OCH3 is 1. The third kappa shape index (κ3) is 5.00. The minimum Gasteiger partial charge on any atom is -0.383 e. The molecule has 5 nitrogen and oxygen atoms in total. The number of aromatic nitrogens is 2. The van der Waals surface area contributed by atoms with Crippen molar-refractivity contribution in [3.05, 3.63) is 11.3 Å². The molecule has 0 bridgehead atoms. The molecule has 1 rings (SSSR count). The van der Waals surface area contributed by atoms with Crippen molar-refractivity contribution in [1.82, 2.24) is 15.1 Å². The van der Waals surface area contributed by atoms with E-state index in [1.165, 1.54) is 11.4 Å². The van der Waals surface area contributed by atoms with E-state index in [2.05, 4.69) is 49.9 Å². The highest BCUT2D eigenvalue weighted by atomic mass is 16.5. The van der Waals surface area contributed by atoms with Crippen LogP contribution in [0.2, 0.25) is 0 Å². The lowest BCUT2D eigenvalue weighted by molar-refractivity contribution is 0.203. The number of anilines is 1. The van der Waals surface area contributed by atoms with Gasteiger partial charge in [0.05, 0.1) is 12.3 Å². The fourth-order valence-electron chi connectivity index (χ4n) is 2.54. The van der Waals surface area contributed by atoms with Crippen molar-refractivity contribution in [3.8, 4) is 0 Å². The van der Waals surface area contributed by atoms with Crippen LogP contribution in [0.4, 0.5) is 5.82 Å². The Morgan fingerprint density at radius 3 is 2.48 bits per heavy atom. The molecule has 0 saturated carbocycles. The van der Waals surface area contributed by atoms with E-state index in [9.17, 15) is 0 Å². The molecular weight excluding hydrogens is 264 g/mol. The number of hydrogen-bond donors (Lipinski definition) is 1. The normalized spacial score (nSPS) is 11.7. The van der Waals surface area contributed by atoms with Gasteiger partial charge in [0.25, 0.3) is 0 Å². The number of ether oxygens (including phenoxy) is 1. The molecule has 0 spiro atoms. The molecular formula is C16H32N4O. The van der Waals surface area contributed by atoms with E-state index in [1.807, 2.05) is 11.7 Å². The summed E-state index contributed by atoms with van der Waals surface area (Å²) in [6.45, 7) is 14.5. The Hall–Kier alpha value is -1.07. The molecule has 0 aromatic carbocycles. The summed E-state index contributed by atoms with van der Waals surface area (Å²) in [5.74, 6) is 1.86. The molecule has 0 atom stereocenters. The molecule has 1 aromatic rings. The first-order valence-electron chi connectivity index (χ1n) is 7.87. The van der Waals surface area contributed by atoms with Crippen LogP contribution in [-0.4, -0.2) is 42.6 Å². The molecule has 0 aliphatic heterocycles. The molecule has 0 amide bonds. The summed E-state index contributed by atoms with van der Waals surface area (Å²) < 4.78 is 7.25. The third-order valence-corrected chi connectivity index (χ3v) is 3.60. The van der Waals surface area contributed by atoms with E-state index < -0.39 is 0 Å². The summed E-state index contributed by atoms with van der Waals surface area (Å²) >= 11 is 0. The number of nitrogens with one attached hydrogen (secondary N) is 1. The summed E-state index contributed by atoms with van der Waals surface area (Å²) in [6, 6.07) is 0.416. The first kappa shape index (κ1) is 18.0. The second-order valence-electron chi connectivity index (χ2n) is 6.32. The number of rotatable bonds is 9. The van der Waals surface area contributed by atoms with Crippen molar-refractivity contribution in [2.24, 2.45) is 13.0 Å². The predicted molar refractivity (Wildman–Crippen MR) is 88.8 cm³/mol. The van der Waals surface area contributed by atoms with Crippen molar-refractivity contribution in [3.63, 3.8) is 0 Å². The third-order valence-electron chi connectivity index (χ3n) is 3.60. The maximum absolute atomic E-state index is 5.26. The van der Waals surface area contributed by atoms with Gasteiger partial charge in [-0.1, -0.05) is 13.8 Å². The van der Waals surface area contributed by atoms with Gasteiger partial charge < -0.3 is 15.0 Å². The minimum absolute atomic E-state index is 0.416. The molecule has 5 heteroatoms. The van der Waals surface area contributed by atoms with Crippen LogP contribution in [0.15, 0.2) is 0 Å². The number of aryl methyl sites for hydroxylation is 2. The van der Waals surface area contributed by atoms with Crippen molar-refractivity contribution in [2.75, 3.05) is 31.7 Å². The average molecular weight is 296 g/mol. The molecule has 1 aromatic heterocycles. The largest absolute Gasteiger partial charge is 0.383 e. The van der Waals surface area contributed by atoms with E-state index >= 15 is 0 Å². The lowest BCUT2D eigenvalue weighted by Crippen LogP contribution is -2.36. The molecule has 21 heavy (non-hydrogen) atoms. The highest BCUT2D eigenvalue weighted by molar-refractivity contribution is 5.51. The highest BCUT2D eigenvalue weighted by Crippen LogP contribution is 2.25. The van der Waals surface area contributed by atoms with Crippen molar-refractivity contribution < 1.29 is 4.74 Å². The van der Waals surface area contributed by atoms with Crippen LogP contribution in [0.25, 0.3) is 0 Å². The Labute approximate surface area is 129 Å². The molecule has 0 aliphatic carbocycles. The van der Waals surface area contributed by atoms with E-state index in [0.29, 0.717) is 12.0 Å². The number of nitrogens with zero attached hydrogens (tertiary/aromatic N) is 3. The summed E-state index contributed by atoms with van der Waals surface area (Å²) in [5.41, 5.74) is 2.40. The van der Waals surface area contributed by atoms with Gasteiger partial charge in [-0.3, -0.25) is 4.68 Å². The van der Waals surface area contributed by atoms with E-state index in [4.69, 9.17) is 4.74 Å². The predicted octanol–water partition coefficient (Wildman–Crippen LogP) is 2.34. The van der Waals surface area contributed by atoms with Gasteiger partial charge in [-0.05, 0) is 33.2 Å². The van der Waals surface area contributed by atoms with Crippen LogP contribution in [0, 0.1) is 12.8 Å². The van der Waals surface area contributed by atoms with Crippen LogP contribution < -0.4 is 10.2 Å². The standard InChI is InChI=1S/C16H32N4O/c1-12(2)10-17-11-15-14(5)18-19(6)16(15)20(13(3)4)8-9-21-7/h12-13,17H,8-11H2,1-7H3. The van der Waals surface area contributed by atoms with Crippen molar-refractivity contribution in [1.29, 1.82) is 0 Å². The van der Waals surface area contributed by atoms with Gasteiger partial charge in [0.2, 0.25) is 0 Å². The Morgan fingerprint density at radius 1 is 1.29 bits per heavy atom. The molecule has 0 fully saturated rings. The Bertz CT molecular complexity index is 426. The molecule has 0 radical (unpaired) electrons. The second kappa shape index (κ2) is 8.39. The molecule has 122 valence electrons. The maximum Gasteiger partial charge on any atom is 0.131 e. The topological polar surface area (TPSA) is 42.3 Å². The van der Waals surface area contributed by atoms with Crippen LogP contribution >= 0.6 is 0 Å². The fraction of sp³-hybridized carbons (Fsp3) is 0.812. The zero-order valence-electron chi connectivity index (χ0n) is 14.7. The first-order valence-corrected chi connectivity index (χ1v) is 7.87. The molecule has 1 N–H and O–H groups in total. The zero-order valence-corrected chi connectivity index (χ0v) is 14.7. The molecule has 1 heterocycles. The number of hydrogen-bond acceptors (Lipinski definition) is 4. The Morgan fingerprint density at radius 2 is 1.95 bits per heavy atom. The molecule has 0 unspecified atom stereocenters. The van der Waals surface area contributed by atoms with Crippen molar-refractivity contribution >= 4 is 5.82 Å². The van der Waals surface area contributed by atoms with Crippen molar-refractivity contribution in [2.45, 2.75) is 47.2 Å². The van der Waals surface area contributed by atoms with Gasteiger partial charge >= 0.3 is 0 Å². The maximum atomic E-state index is 5.26. The summed E-state index contributed by atoms with van der Waals surface area (Å²) in [6.07, 6.45) is 0. The quantitative estimate of drug-likeness (QED) is 0.759. The van der Waals surface area contributed by atoms with Crippen LogP contribution in [0.3, 0.4) is 0 Å². The summed E-state index contributed by atoms with van der Waals surface area (Å²) in [5, 5.41) is 8.15. The second-order valence-corrected chi connectivity index (χ2v) is 6.32. The average Bonchev–Trinajstić information content (AvgIpc) is 2.65. The Kier molecular flexibility index (Phi) is 7.18. The van der Waals surface area contributed by atoms with E-state index in [-0.39, 0.29) is 0 Å². The lowest BCUT2D eigenvalue weighted by atomic mass is 10.2. The van der Waals surface area contributed by atoms with Gasteiger partial charge in [-0.25, -0.2) is 0 Å². The van der Waals surface area contributed by atoms with E-state index in [1.54, 1.807) is 7.11 Å². The minimum atomic E-state index is 0.416. The van der Waals surface area contributed by atoms with Gasteiger partial charge in [0.15, 0.2) is 0 Å². The zero-order chi connectivity index (χ0) is 16.0. The van der Waals surface area contributed by atoms with Crippen LogP contribution in [-0.2, 0) is 18.3 Å². The molecule has 0 aliphatic rings. The van der Waals surface area contributed by atoms with Gasteiger partial charge in [0, 0.05) is 38.9 Å². The molecule has 0 saturated heterocycles. The first-order chi connectivity index (χ1) is 9.88. The Balaban J connectivity index is 2.96. The lowest BCUT2D eigenvalue weighted by Gasteiger charge is -2.29. The van der Waals surface area contributed by atoms with Gasteiger partial charge in [0.1, 0.15) is 5.82 Å².